The van der Waals surface area contributed by atoms with E-state index in [0.717, 1.165) is 6.34 Å². The molecule has 0 aliphatic heterocycles. The van der Waals surface area contributed by atoms with Crippen molar-refractivity contribution in [2.24, 2.45) is 10.7 Å². The number of amides is 1. The Morgan fingerprint density at radius 1 is 1.82 bits per heavy atom. The van der Waals surface area contributed by atoms with Crippen LogP contribution in [0, 0.1) is 0 Å². The third kappa shape index (κ3) is 2.96. The number of nitrogens with two attached hydrogens (primary N) is 1. The second kappa shape index (κ2) is 4.64. The Kier molecular flexibility index (Phi) is 4.16. The number of aliphatic hydroxyl groups is 1. The molecule has 0 aromatic carbocycles. The van der Waals surface area contributed by atoms with Crippen molar-refractivity contribution in [3.05, 3.63) is 0 Å². The molecule has 0 rings (SSSR count). The molecule has 1 amide bonds. The lowest BCUT2D eigenvalue weighted by Gasteiger charge is -2.11. The normalized spacial score (nSPS) is 16.3. The summed E-state index contributed by atoms with van der Waals surface area (Å²) in [4.78, 5) is 14.1. The van der Waals surface area contributed by atoms with E-state index in [1.807, 2.05) is 0 Å². The molecule has 0 radical (unpaired) electrons. The molecule has 0 heterocycles. The number of aliphatic hydroxyl groups excluding tert-OH is 1. The zero-order chi connectivity index (χ0) is 8.85. The van der Waals surface area contributed by atoms with Gasteiger partial charge in [0.25, 0.3) is 5.91 Å². The molecule has 0 spiro atoms. The number of carbonyl (C=O) groups excluding carboxylic acids is 1. The Bertz CT molecular complexity index is 157. The molecule has 6 nitrogen and oxygen atoms in total. The minimum Gasteiger partial charge on any atom is -0.391 e. The SMILES string of the molecule is CC(O)C(N=CN)C(=O)NO. The van der Waals surface area contributed by atoms with E-state index >= 15 is 0 Å². The summed E-state index contributed by atoms with van der Waals surface area (Å²) >= 11 is 0. The minimum atomic E-state index is -1.05. The molecule has 0 aliphatic carbocycles. The van der Waals surface area contributed by atoms with Crippen molar-refractivity contribution in [1.82, 2.24) is 5.48 Å². The second-order valence-corrected chi connectivity index (χ2v) is 1.96. The highest BCUT2D eigenvalue weighted by atomic mass is 16.5. The summed E-state index contributed by atoms with van der Waals surface area (Å²) in [6.45, 7) is 1.37. The predicted octanol–water partition coefficient (Wildman–Crippen LogP) is -1.77. The number of nitrogens with one attached hydrogen (secondary N) is 1. The molecule has 11 heavy (non-hydrogen) atoms. The highest BCUT2D eigenvalue weighted by Gasteiger charge is 2.21. The topological polar surface area (TPSA) is 108 Å². The summed E-state index contributed by atoms with van der Waals surface area (Å²) in [5, 5.41) is 17.1. The highest BCUT2D eigenvalue weighted by molar-refractivity contribution is 5.82. The van der Waals surface area contributed by atoms with Crippen LogP contribution < -0.4 is 11.2 Å². The molecule has 2 unspecified atom stereocenters. The fourth-order valence-corrected chi connectivity index (χ4v) is 0.570. The van der Waals surface area contributed by atoms with E-state index in [4.69, 9.17) is 16.0 Å². The number of hydrogen-bond donors (Lipinski definition) is 4. The van der Waals surface area contributed by atoms with Crippen molar-refractivity contribution in [1.29, 1.82) is 0 Å². The van der Waals surface area contributed by atoms with Gasteiger partial charge in [0.05, 0.1) is 12.4 Å². The van der Waals surface area contributed by atoms with Crippen LogP contribution in [0.4, 0.5) is 0 Å². The van der Waals surface area contributed by atoms with E-state index in [-0.39, 0.29) is 0 Å². The minimum absolute atomic E-state index is 0.790. The quantitative estimate of drug-likeness (QED) is 0.170. The lowest BCUT2D eigenvalue weighted by Crippen LogP contribution is -2.38. The van der Waals surface area contributed by atoms with Gasteiger partial charge in [0.1, 0.15) is 0 Å². The zero-order valence-corrected chi connectivity index (χ0v) is 6.06. The number of carbonyl (C=O) groups is 1. The first-order chi connectivity index (χ1) is 5.13. The molecule has 0 aromatic heterocycles. The van der Waals surface area contributed by atoms with Crippen molar-refractivity contribution < 1.29 is 15.1 Å². The van der Waals surface area contributed by atoms with Gasteiger partial charge in [-0.2, -0.15) is 0 Å². The maximum atomic E-state index is 10.7. The van der Waals surface area contributed by atoms with Crippen molar-refractivity contribution in [2.45, 2.75) is 19.1 Å². The van der Waals surface area contributed by atoms with Crippen LogP contribution in [-0.2, 0) is 4.79 Å². The van der Waals surface area contributed by atoms with Crippen LogP contribution in [0.1, 0.15) is 6.92 Å². The average molecular weight is 161 g/mol. The standard InChI is InChI=1S/C5H11N3O3/c1-3(9)4(7-2-6)5(10)8-11/h2-4,9,11H,1H3,(H2,6,7)(H,8,10). The van der Waals surface area contributed by atoms with Crippen LogP contribution in [0.2, 0.25) is 0 Å². The van der Waals surface area contributed by atoms with E-state index in [1.165, 1.54) is 12.4 Å². The smallest absolute Gasteiger partial charge is 0.270 e. The molecule has 0 saturated heterocycles. The van der Waals surface area contributed by atoms with Crippen LogP contribution in [-0.4, -0.2) is 34.7 Å². The van der Waals surface area contributed by atoms with Crippen LogP contribution in [0.5, 0.6) is 0 Å². The highest BCUT2D eigenvalue weighted by Crippen LogP contribution is 1.96. The van der Waals surface area contributed by atoms with Crippen LogP contribution in [0.3, 0.4) is 0 Å². The Labute approximate surface area is 63.7 Å². The van der Waals surface area contributed by atoms with E-state index < -0.39 is 18.1 Å². The summed E-state index contributed by atoms with van der Waals surface area (Å²) in [6.07, 6.45) is -0.0888. The van der Waals surface area contributed by atoms with Crippen LogP contribution in [0.15, 0.2) is 4.99 Å². The molecule has 2 atom stereocenters. The van der Waals surface area contributed by atoms with Crippen molar-refractivity contribution in [3.63, 3.8) is 0 Å². The molecular weight excluding hydrogens is 150 g/mol. The first kappa shape index (κ1) is 9.86. The molecule has 6 heteroatoms. The summed E-state index contributed by atoms with van der Waals surface area (Å²) in [5.41, 5.74) is 6.26. The Hall–Kier alpha value is -1.14. The largest absolute Gasteiger partial charge is 0.391 e. The van der Waals surface area contributed by atoms with E-state index in [9.17, 15) is 4.79 Å². The summed E-state index contributed by atoms with van der Waals surface area (Å²) in [6, 6.07) is -1.05. The molecule has 64 valence electrons. The van der Waals surface area contributed by atoms with Crippen LogP contribution in [0.25, 0.3) is 0 Å². The first-order valence-electron chi connectivity index (χ1n) is 2.99. The van der Waals surface area contributed by atoms with Crippen molar-refractivity contribution in [2.75, 3.05) is 0 Å². The fraction of sp³-hybridized carbons (Fsp3) is 0.600. The van der Waals surface area contributed by atoms with E-state index in [2.05, 4.69) is 4.99 Å². The van der Waals surface area contributed by atoms with E-state index in [0.29, 0.717) is 0 Å². The fourth-order valence-electron chi connectivity index (χ4n) is 0.570. The number of hydrogen-bond acceptors (Lipinski definition) is 4. The van der Waals surface area contributed by atoms with Gasteiger partial charge >= 0.3 is 0 Å². The first-order valence-corrected chi connectivity index (χ1v) is 2.99. The third-order valence-corrected chi connectivity index (χ3v) is 1.08. The third-order valence-electron chi connectivity index (χ3n) is 1.08. The zero-order valence-electron chi connectivity index (χ0n) is 6.06. The number of hydroxylamine groups is 1. The average Bonchev–Trinajstić information content (AvgIpc) is 1.98. The van der Waals surface area contributed by atoms with Gasteiger partial charge in [-0.25, -0.2) is 5.48 Å². The lowest BCUT2D eigenvalue weighted by molar-refractivity contribution is -0.132. The maximum absolute atomic E-state index is 10.7. The molecule has 5 N–H and O–H groups in total. The maximum Gasteiger partial charge on any atom is 0.270 e. The predicted molar refractivity (Wildman–Crippen MR) is 38.1 cm³/mol. The van der Waals surface area contributed by atoms with Gasteiger partial charge in [-0.05, 0) is 6.92 Å². The van der Waals surface area contributed by atoms with Crippen molar-refractivity contribution in [3.8, 4) is 0 Å². The number of aliphatic imine (C=N–C) groups is 1. The molecule has 0 aromatic rings. The monoisotopic (exact) mass is 161 g/mol. The van der Waals surface area contributed by atoms with Gasteiger partial charge in [-0.3, -0.25) is 15.0 Å². The Morgan fingerprint density at radius 2 is 2.36 bits per heavy atom. The van der Waals surface area contributed by atoms with E-state index in [1.54, 1.807) is 0 Å². The van der Waals surface area contributed by atoms with Gasteiger partial charge in [0.15, 0.2) is 6.04 Å². The molecule has 0 aliphatic rings. The summed E-state index contributed by atoms with van der Waals surface area (Å²) < 4.78 is 0. The molecule has 0 saturated carbocycles. The van der Waals surface area contributed by atoms with Crippen molar-refractivity contribution >= 4 is 12.2 Å². The Balaban J connectivity index is 4.21. The number of rotatable bonds is 3. The summed E-state index contributed by atoms with van der Waals surface area (Å²) in [5.74, 6) is -0.790. The second-order valence-electron chi connectivity index (χ2n) is 1.96. The van der Waals surface area contributed by atoms with Gasteiger partial charge in [-0.15, -0.1) is 0 Å². The van der Waals surface area contributed by atoms with Gasteiger partial charge in [0, 0.05) is 0 Å². The van der Waals surface area contributed by atoms with Gasteiger partial charge in [-0.1, -0.05) is 0 Å². The van der Waals surface area contributed by atoms with Gasteiger partial charge in [0.2, 0.25) is 0 Å². The lowest BCUT2D eigenvalue weighted by atomic mass is 10.2. The van der Waals surface area contributed by atoms with Gasteiger partial charge < -0.3 is 10.8 Å². The molecule has 0 fully saturated rings. The number of nitrogens with zero attached hydrogens (tertiary/aromatic N) is 1. The molecule has 0 bridgehead atoms. The Morgan fingerprint density at radius 3 is 2.64 bits per heavy atom. The van der Waals surface area contributed by atoms with Crippen LogP contribution >= 0.6 is 0 Å². The molecular formula is C5H11N3O3. The summed E-state index contributed by atoms with van der Waals surface area (Å²) in [7, 11) is 0.